The van der Waals surface area contributed by atoms with E-state index in [0.29, 0.717) is 12.2 Å². The summed E-state index contributed by atoms with van der Waals surface area (Å²) in [6.07, 6.45) is 1.37. The molecular weight excluding hydrogens is 319 g/mol. The van der Waals surface area contributed by atoms with E-state index in [1.165, 1.54) is 25.3 Å². The molecule has 0 radical (unpaired) electrons. The predicted octanol–water partition coefficient (Wildman–Crippen LogP) is 5.85. The molecule has 0 aliphatic heterocycles. The highest BCUT2D eigenvalue weighted by Crippen LogP contribution is 2.36. The molecule has 0 aliphatic rings. The van der Waals surface area contributed by atoms with Crippen molar-refractivity contribution in [3.8, 4) is 0 Å². The molecule has 0 unspecified atom stereocenters. The molecule has 0 spiro atoms. The predicted molar refractivity (Wildman–Crippen MR) is 76.4 cm³/mol. The highest BCUT2D eigenvalue weighted by molar-refractivity contribution is 9.10. The van der Waals surface area contributed by atoms with Crippen LogP contribution in [0.15, 0.2) is 22.7 Å². The smallest absolute Gasteiger partial charge is 0.385 e. The van der Waals surface area contributed by atoms with Gasteiger partial charge in [0.25, 0.3) is 0 Å². The Hall–Kier alpha value is -0.710. The maximum atomic E-state index is 12.7. The molecule has 0 saturated heterocycles. The molecular formula is C14H19BrF3N. The molecule has 0 aromatic heterocycles. The molecule has 108 valence electrons. The van der Waals surface area contributed by atoms with Crippen molar-refractivity contribution >= 4 is 21.6 Å². The Morgan fingerprint density at radius 2 is 1.79 bits per heavy atom. The van der Waals surface area contributed by atoms with Crippen LogP contribution in [0.25, 0.3) is 0 Å². The Morgan fingerprint density at radius 1 is 1.11 bits per heavy atom. The second-order valence-corrected chi connectivity index (χ2v) is 5.39. The standard InChI is InChI=1S/C14H19BrF3N/c1-2-3-4-5-6-9-19-11-7-8-13(15)12(10-11)14(16,17)18/h7-8,10,19H,2-6,9H2,1H3. The topological polar surface area (TPSA) is 12.0 Å². The quantitative estimate of drug-likeness (QED) is 0.615. The maximum absolute atomic E-state index is 12.7. The van der Waals surface area contributed by atoms with Crippen LogP contribution in [-0.2, 0) is 6.18 Å². The molecule has 1 nitrogen and oxygen atoms in total. The molecule has 0 fully saturated rings. The van der Waals surface area contributed by atoms with Crippen molar-refractivity contribution in [2.24, 2.45) is 0 Å². The maximum Gasteiger partial charge on any atom is 0.417 e. The number of nitrogens with one attached hydrogen (secondary N) is 1. The van der Waals surface area contributed by atoms with Crippen LogP contribution in [-0.4, -0.2) is 6.54 Å². The number of alkyl halides is 3. The van der Waals surface area contributed by atoms with E-state index in [1.54, 1.807) is 6.07 Å². The van der Waals surface area contributed by atoms with E-state index < -0.39 is 11.7 Å². The number of hydrogen-bond donors (Lipinski definition) is 1. The van der Waals surface area contributed by atoms with Crippen molar-refractivity contribution in [2.75, 3.05) is 11.9 Å². The van der Waals surface area contributed by atoms with Gasteiger partial charge in [-0.2, -0.15) is 13.2 Å². The number of hydrogen-bond acceptors (Lipinski definition) is 1. The monoisotopic (exact) mass is 337 g/mol. The minimum Gasteiger partial charge on any atom is -0.385 e. The largest absolute Gasteiger partial charge is 0.417 e. The van der Waals surface area contributed by atoms with Gasteiger partial charge in [-0.3, -0.25) is 0 Å². The average molecular weight is 338 g/mol. The first-order valence-electron chi connectivity index (χ1n) is 6.55. The van der Waals surface area contributed by atoms with E-state index in [0.717, 1.165) is 18.9 Å². The fourth-order valence-electron chi connectivity index (χ4n) is 1.81. The lowest BCUT2D eigenvalue weighted by atomic mass is 10.1. The van der Waals surface area contributed by atoms with Crippen LogP contribution < -0.4 is 5.32 Å². The lowest BCUT2D eigenvalue weighted by Gasteiger charge is -2.12. The fraction of sp³-hybridized carbons (Fsp3) is 0.571. The van der Waals surface area contributed by atoms with Crippen molar-refractivity contribution in [2.45, 2.75) is 45.2 Å². The molecule has 19 heavy (non-hydrogen) atoms. The zero-order valence-corrected chi connectivity index (χ0v) is 12.6. The van der Waals surface area contributed by atoms with Crippen LogP contribution in [0.5, 0.6) is 0 Å². The minimum atomic E-state index is -4.32. The second-order valence-electron chi connectivity index (χ2n) is 4.53. The molecule has 0 heterocycles. The summed E-state index contributed by atoms with van der Waals surface area (Å²) < 4.78 is 38.2. The molecule has 1 rings (SSSR count). The van der Waals surface area contributed by atoms with E-state index in [-0.39, 0.29) is 4.47 Å². The highest BCUT2D eigenvalue weighted by atomic mass is 79.9. The lowest BCUT2D eigenvalue weighted by molar-refractivity contribution is -0.138. The Kier molecular flexibility index (Phi) is 6.69. The van der Waals surface area contributed by atoms with Gasteiger partial charge < -0.3 is 5.32 Å². The van der Waals surface area contributed by atoms with Gasteiger partial charge in [0, 0.05) is 16.7 Å². The third-order valence-corrected chi connectivity index (χ3v) is 3.57. The van der Waals surface area contributed by atoms with E-state index in [4.69, 9.17) is 0 Å². The number of unbranched alkanes of at least 4 members (excludes halogenated alkanes) is 4. The summed E-state index contributed by atoms with van der Waals surface area (Å²) in [5, 5.41) is 3.04. The molecule has 0 atom stereocenters. The van der Waals surface area contributed by atoms with Crippen LogP contribution in [0.2, 0.25) is 0 Å². The molecule has 0 amide bonds. The zero-order valence-electron chi connectivity index (χ0n) is 11.0. The number of rotatable bonds is 7. The van der Waals surface area contributed by atoms with Gasteiger partial charge >= 0.3 is 6.18 Å². The van der Waals surface area contributed by atoms with Crippen molar-refractivity contribution in [1.82, 2.24) is 0 Å². The molecule has 1 N–H and O–H groups in total. The third-order valence-electron chi connectivity index (χ3n) is 2.88. The van der Waals surface area contributed by atoms with Crippen LogP contribution in [0.4, 0.5) is 18.9 Å². The van der Waals surface area contributed by atoms with Crippen molar-refractivity contribution in [1.29, 1.82) is 0 Å². The Morgan fingerprint density at radius 3 is 2.42 bits per heavy atom. The van der Waals surface area contributed by atoms with Gasteiger partial charge in [0.15, 0.2) is 0 Å². The summed E-state index contributed by atoms with van der Waals surface area (Å²) >= 11 is 2.93. The normalized spacial score (nSPS) is 11.6. The first-order valence-corrected chi connectivity index (χ1v) is 7.35. The van der Waals surface area contributed by atoms with Crippen LogP contribution in [0.3, 0.4) is 0 Å². The van der Waals surface area contributed by atoms with Gasteiger partial charge in [-0.1, -0.05) is 48.5 Å². The Labute approximate surface area is 120 Å². The summed E-state index contributed by atoms with van der Waals surface area (Å²) in [5.41, 5.74) is -0.116. The van der Waals surface area contributed by atoms with E-state index in [9.17, 15) is 13.2 Å². The lowest BCUT2D eigenvalue weighted by Crippen LogP contribution is -2.08. The molecule has 0 saturated carbocycles. The second kappa shape index (κ2) is 7.78. The van der Waals surface area contributed by atoms with E-state index in [2.05, 4.69) is 28.2 Å². The molecule has 5 heteroatoms. The van der Waals surface area contributed by atoms with Crippen LogP contribution in [0, 0.1) is 0 Å². The highest BCUT2D eigenvalue weighted by Gasteiger charge is 2.33. The number of halogens is 4. The minimum absolute atomic E-state index is 0.0773. The molecule has 0 aliphatic carbocycles. The van der Waals surface area contributed by atoms with E-state index in [1.807, 2.05) is 0 Å². The van der Waals surface area contributed by atoms with Gasteiger partial charge in [0.2, 0.25) is 0 Å². The van der Waals surface area contributed by atoms with E-state index >= 15 is 0 Å². The molecule has 0 bridgehead atoms. The zero-order chi connectivity index (χ0) is 14.3. The van der Waals surface area contributed by atoms with Crippen molar-refractivity contribution < 1.29 is 13.2 Å². The summed E-state index contributed by atoms with van der Waals surface area (Å²) in [7, 11) is 0. The fourth-order valence-corrected chi connectivity index (χ4v) is 2.29. The summed E-state index contributed by atoms with van der Waals surface area (Å²) in [6, 6.07) is 4.24. The summed E-state index contributed by atoms with van der Waals surface area (Å²) in [6.45, 7) is 2.86. The summed E-state index contributed by atoms with van der Waals surface area (Å²) in [4.78, 5) is 0. The van der Waals surface area contributed by atoms with Crippen LogP contribution in [0.1, 0.15) is 44.6 Å². The first kappa shape index (κ1) is 16.3. The SMILES string of the molecule is CCCCCCCNc1ccc(Br)c(C(F)(F)F)c1. The number of anilines is 1. The van der Waals surface area contributed by atoms with Gasteiger partial charge in [-0.25, -0.2) is 0 Å². The Balaban J connectivity index is 2.47. The van der Waals surface area contributed by atoms with Gasteiger partial charge in [-0.15, -0.1) is 0 Å². The molecule has 1 aromatic carbocycles. The van der Waals surface area contributed by atoms with Gasteiger partial charge in [0.1, 0.15) is 0 Å². The van der Waals surface area contributed by atoms with Crippen molar-refractivity contribution in [3.05, 3.63) is 28.2 Å². The van der Waals surface area contributed by atoms with Crippen molar-refractivity contribution in [3.63, 3.8) is 0 Å². The summed E-state index contributed by atoms with van der Waals surface area (Å²) in [5.74, 6) is 0. The van der Waals surface area contributed by atoms with Gasteiger partial charge in [-0.05, 0) is 24.6 Å². The average Bonchev–Trinajstić information content (AvgIpc) is 2.34. The van der Waals surface area contributed by atoms with Crippen LogP contribution >= 0.6 is 15.9 Å². The molecule has 1 aromatic rings. The number of benzene rings is 1. The first-order chi connectivity index (χ1) is 8.95. The third kappa shape index (κ3) is 5.85. The van der Waals surface area contributed by atoms with Gasteiger partial charge in [0.05, 0.1) is 5.56 Å². The Bertz CT molecular complexity index is 391.